The highest BCUT2D eigenvalue weighted by Gasteiger charge is 2.16. The Labute approximate surface area is 174 Å². The molecule has 148 valence electrons. The molecule has 0 amide bonds. The van der Waals surface area contributed by atoms with Gasteiger partial charge in [0, 0.05) is 31.6 Å². The molecule has 29 heavy (non-hydrogen) atoms. The van der Waals surface area contributed by atoms with Gasteiger partial charge in [0.1, 0.15) is 5.02 Å². The summed E-state index contributed by atoms with van der Waals surface area (Å²) in [6, 6.07) is 15.7. The minimum absolute atomic E-state index is 0.407. The molecule has 0 saturated heterocycles. The zero-order chi connectivity index (χ0) is 20.2. The Hall–Kier alpha value is -2.70. The van der Waals surface area contributed by atoms with Crippen molar-refractivity contribution < 1.29 is 9.05 Å². The second-order valence-electron chi connectivity index (χ2n) is 6.06. The van der Waals surface area contributed by atoms with E-state index < -0.39 is 8.38 Å². The SMILES string of the molecule is COP(OC)c1ccccc1Nc1nc(Nc2ccc3cc[nH]c3c2)ncc1Cl. The summed E-state index contributed by atoms with van der Waals surface area (Å²) < 4.78 is 10.9. The monoisotopic (exact) mass is 427 g/mol. The van der Waals surface area contributed by atoms with Crippen molar-refractivity contribution in [2.45, 2.75) is 0 Å². The molecule has 0 aliphatic rings. The van der Waals surface area contributed by atoms with Crippen molar-refractivity contribution in [3.63, 3.8) is 0 Å². The number of anilines is 4. The molecule has 7 nitrogen and oxygen atoms in total. The fraction of sp³-hybridized carbons (Fsp3) is 0.100. The third kappa shape index (κ3) is 4.33. The Morgan fingerprint density at radius 2 is 1.86 bits per heavy atom. The molecule has 2 aromatic heterocycles. The van der Waals surface area contributed by atoms with Crippen LogP contribution in [0.15, 0.2) is 60.9 Å². The zero-order valence-electron chi connectivity index (χ0n) is 15.8. The quantitative estimate of drug-likeness (QED) is 0.346. The molecule has 4 rings (SSSR count). The van der Waals surface area contributed by atoms with E-state index in [0.29, 0.717) is 16.8 Å². The van der Waals surface area contributed by atoms with Gasteiger partial charge in [0.25, 0.3) is 0 Å². The molecule has 9 heteroatoms. The second kappa shape index (κ2) is 8.76. The number of halogens is 1. The number of H-pyrrole nitrogens is 1. The van der Waals surface area contributed by atoms with Crippen molar-refractivity contribution in [2.24, 2.45) is 0 Å². The van der Waals surface area contributed by atoms with Gasteiger partial charge in [0.05, 0.1) is 17.2 Å². The standard InChI is InChI=1S/C20H19ClN5O2P/c1-27-29(28-2)18-6-4-3-5-16(18)25-19-15(21)12-23-20(26-19)24-14-8-7-13-9-10-22-17(13)11-14/h3-12,22H,1-2H3,(H2,23,24,25,26). The Morgan fingerprint density at radius 3 is 2.69 bits per heavy atom. The van der Waals surface area contributed by atoms with E-state index in [9.17, 15) is 0 Å². The average Bonchev–Trinajstić information content (AvgIpc) is 3.20. The lowest BCUT2D eigenvalue weighted by Gasteiger charge is -2.17. The van der Waals surface area contributed by atoms with Crippen LogP contribution in [0.3, 0.4) is 0 Å². The molecule has 0 aliphatic heterocycles. The summed E-state index contributed by atoms with van der Waals surface area (Å²) >= 11 is 6.33. The van der Waals surface area contributed by atoms with Crippen molar-refractivity contribution in [1.82, 2.24) is 15.0 Å². The van der Waals surface area contributed by atoms with Crippen LogP contribution in [0.1, 0.15) is 0 Å². The van der Waals surface area contributed by atoms with E-state index in [2.05, 4.69) is 25.6 Å². The van der Waals surface area contributed by atoms with Crippen molar-refractivity contribution >= 4 is 59.3 Å². The fourth-order valence-corrected chi connectivity index (χ4v) is 4.12. The summed E-state index contributed by atoms with van der Waals surface area (Å²) in [7, 11) is 2.03. The van der Waals surface area contributed by atoms with Crippen LogP contribution in [0, 0.1) is 0 Å². The van der Waals surface area contributed by atoms with Crippen LogP contribution in [0.2, 0.25) is 5.02 Å². The molecule has 3 N–H and O–H groups in total. The molecule has 0 aliphatic carbocycles. The van der Waals surface area contributed by atoms with Gasteiger partial charge < -0.3 is 24.7 Å². The van der Waals surface area contributed by atoms with Gasteiger partial charge in [-0.25, -0.2) is 4.98 Å². The number of fused-ring (bicyclic) bond motifs is 1. The van der Waals surface area contributed by atoms with Crippen LogP contribution < -0.4 is 15.9 Å². The van der Waals surface area contributed by atoms with E-state index in [1.54, 1.807) is 20.4 Å². The van der Waals surface area contributed by atoms with E-state index in [0.717, 1.165) is 27.6 Å². The average molecular weight is 428 g/mol. The molecule has 0 saturated carbocycles. The number of aromatic nitrogens is 3. The van der Waals surface area contributed by atoms with Gasteiger partial charge in [-0.3, -0.25) is 0 Å². The van der Waals surface area contributed by atoms with Gasteiger partial charge in [-0.05, 0) is 35.7 Å². The van der Waals surface area contributed by atoms with Crippen molar-refractivity contribution in [3.05, 3.63) is 65.9 Å². The van der Waals surface area contributed by atoms with E-state index >= 15 is 0 Å². The number of aromatic amines is 1. The number of para-hydroxylation sites is 1. The van der Waals surface area contributed by atoms with Gasteiger partial charge in [0.2, 0.25) is 14.3 Å². The molecule has 4 aromatic rings. The van der Waals surface area contributed by atoms with Crippen LogP contribution in [0.5, 0.6) is 0 Å². The Bertz CT molecular complexity index is 1130. The number of benzene rings is 2. The largest absolute Gasteiger partial charge is 0.361 e. The van der Waals surface area contributed by atoms with E-state index in [1.165, 1.54) is 0 Å². The van der Waals surface area contributed by atoms with Crippen LogP contribution in [0.4, 0.5) is 23.1 Å². The lowest BCUT2D eigenvalue weighted by atomic mass is 10.2. The lowest BCUT2D eigenvalue weighted by molar-refractivity contribution is 0.350. The van der Waals surface area contributed by atoms with E-state index in [1.807, 2.05) is 54.7 Å². The first-order valence-electron chi connectivity index (χ1n) is 8.79. The fourth-order valence-electron chi connectivity index (χ4n) is 2.91. The van der Waals surface area contributed by atoms with E-state index in [-0.39, 0.29) is 0 Å². The zero-order valence-corrected chi connectivity index (χ0v) is 17.5. The molecule has 2 aromatic carbocycles. The molecular formula is C20H19ClN5O2P. The van der Waals surface area contributed by atoms with Crippen molar-refractivity contribution in [2.75, 3.05) is 24.9 Å². The normalized spacial score (nSPS) is 11.2. The molecule has 0 fully saturated rings. The number of nitrogens with zero attached hydrogens (tertiary/aromatic N) is 2. The molecule has 0 bridgehead atoms. The molecular weight excluding hydrogens is 409 g/mol. The van der Waals surface area contributed by atoms with Gasteiger partial charge >= 0.3 is 0 Å². The second-order valence-corrected chi connectivity index (χ2v) is 8.19. The maximum atomic E-state index is 6.33. The summed E-state index contributed by atoms with van der Waals surface area (Å²) in [6.07, 6.45) is 3.46. The van der Waals surface area contributed by atoms with Gasteiger partial charge in [-0.2, -0.15) is 4.98 Å². The van der Waals surface area contributed by atoms with Gasteiger partial charge in [-0.1, -0.05) is 29.8 Å². The number of rotatable bonds is 7. The lowest BCUT2D eigenvalue weighted by Crippen LogP contribution is -2.11. The number of nitrogens with one attached hydrogen (secondary N) is 3. The highest BCUT2D eigenvalue weighted by atomic mass is 35.5. The Kier molecular flexibility index (Phi) is 5.92. The Morgan fingerprint density at radius 1 is 1.03 bits per heavy atom. The summed E-state index contributed by atoms with van der Waals surface area (Å²) in [4.78, 5) is 12.0. The third-order valence-electron chi connectivity index (χ3n) is 4.24. The minimum atomic E-state index is -1.21. The maximum Gasteiger partial charge on any atom is 0.229 e. The van der Waals surface area contributed by atoms with Gasteiger partial charge in [0.15, 0.2) is 5.82 Å². The van der Waals surface area contributed by atoms with E-state index in [4.69, 9.17) is 20.6 Å². The van der Waals surface area contributed by atoms with Gasteiger partial charge in [-0.15, -0.1) is 0 Å². The number of hydrogen-bond acceptors (Lipinski definition) is 6. The summed E-state index contributed by atoms with van der Waals surface area (Å²) in [5.41, 5.74) is 2.71. The summed E-state index contributed by atoms with van der Waals surface area (Å²) in [5, 5.41) is 8.92. The van der Waals surface area contributed by atoms with Crippen LogP contribution >= 0.6 is 20.0 Å². The predicted octanol–water partition coefficient (Wildman–Crippen LogP) is 5.33. The molecule has 0 spiro atoms. The summed E-state index contributed by atoms with van der Waals surface area (Å²) in [6.45, 7) is 0. The predicted molar refractivity (Wildman–Crippen MR) is 119 cm³/mol. The first kappa shape index (κ1) is 19.6. The minimum Gasteiger partial charge on any atom is -0.361 e. The van der Waals surface area contributed by atoms with Crippen molar-refractivity contribution in [1.29, 1.82) is 0 Å². The molecule has 0 radical (unpaired) electrons. The highest BCUT2D eigenvalue weighted by molar-refractivity contribution is 7.56. The topological polar surface area (TPSA) is 84.1 Å². The molecule has 2 heterocycles. The van der Waals surface area contributed by atoms with Crippen LogP contribution in [0.25, 0.3) is 10.9 Å². The highest BCUT2D eigenvalue weighted by Crippen LogP contribution is 2.38. The number of hydrogen-bond donors (Lipinski definition) is 3. The van der Waals surface area contributed by atoms with Crippen molar-refractivity contribution in [3.8, 4) is 0 Å². The van der Waals surface area contributed by atoms with Crippen LogP contribution in [-0.4, -0.2) is 29.2 Å². The Balaban J connectivity index is 1.61. The molecule has 0 atom stereocenters. The maximum absolute atomic E-state index is 6.33. The first-order chi connectivity index (χ1) is 14.2. The summed E-state index contributed by atoms with van der Waals surface area (Å²) in [5.74, 6) is 0.917. The van der Waals surface area contributed by atoms with Crippen LogP contribution in [-0.2, 0) is 9.05 Å². The third-order valence-corrected chi connectivity index (χ3v) is 5.96. The smallest absolute Gasteiger partial charge is 0.229 e. The first-order valence-corrected chi connectivity index (χ1v) is 10.3. The molecule has 0 unspecified atom stereocenters.